The third-order valence-electron chi connectivity index (χ3n) is 2.16. The molecule has 0 radical (unpaired) electrons. The summed E-state index contributed by atoms with van der Waals surface area (Å²) in [5.41, 5.74) is 6.23. The highest BCUT2D eigenvalue weighted by molar-refractivity contribution is 5.85. The van der Waals surface area contributed by atoms with Gasteiger partial charge in [0.25, 0.3) is 0 Å². The fraction of sp³-hybridized carbons (Fsp3) is 0.400. The number of nitrogens with two attached hydrogens (primary N) is 1. The van der Waals surface area contributed by atoms with Crippen LogP contribution in [0.25, 0.3) is 0 Å². The van der Waals surface area contributed by atoms with Crippen molar-refractivity contribution in [1.82, 2.24) is 0 Å². The molecule has 0 aliphatic carbocycles. The van der Waals surface area contributed by atoms with Crippen molar-refractivity contribution in [3.05, 3.63) is 17.7 Å². The Labute approximate surface area is 94.8 Å². The smallest absolute Gasteiger partial charge is 0.200 e. The second-order valence-electron chi connectivity index (χ2n) is 3.27. The number of hydrogen-bond acceptors (Lipinski definition) is 4. The fourth-order valence-electron chi connectivity index (χ4n) is 1.35. The number of phenolic OH excluding ortho intramolecular Hbond substituents is 3. The number of hydrogen-bond donors (Lipinski definition) is 4. The Morgan fingerprint density at radius 2 is 1.80 bits per heavy atom. The lowest BCUT2D eigenvalue weighted by Crippen LogP contribution is -2.09. The van der Waals surface area contributed by atoms with Crippen molar-refractivity contribution in [2.24, 2.45) is 5.73 Å². The molecular weight excluding hydrogens is 218 g/mol. The summed E-state index contributed by atoms with van der Waals surface area (Å²) < 4.78 is 0. The van der Waals surface area contributed by atoms with E-state index >= 15 is 0 Å². The van der Waals surface area contributed by atoms with Crippen molar-refractivity contribution >= 4 is 12.4 Å². The maximum atomic E-state index is 9.49. The molecule has 0 aliphatic rings. The molecular formula is C10H16ClNO3. The van der Waals surface area contributed by atoms with Crippen LogP contribution in [0, 0.1) is 0 Å². The van der Waals surface area contributed by atoms with Crippen molar-refractivity contribution in [3.63, 3.8) is 0 Å². The van der Waals surface area contributed by atoms with Gasteiger partial charge in [0.15, 0.2) is 11.5 Å². The molecule has 0 aromatic heterocycles. The minimum Gasteiger partial charge on any atom is -0.504 e. The van der Waals surface area contributed by atoms with Gasteiger partial charge in [0.2, 0.25) is 5.75 Å². The number of halogens is 1. The summed E-state index contributed by atoms with van der Waals surface area (Å²) in [5, 5.41) is 27.8. The first-order valence-corrected chi connectivity index (χ1v) is 4.57. The highest BCUT2D eigenvalue weighted by Gasteiger charge is 2.15. The summed E-state index contributed by atoms with van der Waals surface area (Å²) in [6.45, 7) is 1.98. The minimum absolute atomic E-state index is 0. The normalized spacial score (nSPS) is 11.9. The van der Waals surface area contributed by atoms with Crippen molar-refractivity contribution in [2.75, 3.05) is 0 Å². The molecule has 0 spiro atoms. The minimum atomic E-state index is -0.506. The zero-order valence-corrected chi connectivity index (χ0v) is 9.29. The largest absolute Gasteiger partial charge is 0.504 e. The summed E-state index contributed by atoms with van der Waals surface area (Å²) in [4.78, 5) is 0. The number of benzene rings is 1. The average molecular weight is 234 g/mol. The van der Waals surface area contributed by atoms with Crippen LogP contribution in [-0.2, 0) is 0 Å². The van der Waals surface area contributed by atoms with E-state index in [0.717, 1.165) is 12.8 Å². The lowest BCUT2D eigenvalue weighted by Gasteiger charge is -2.13. The molecule has 0 bridgehead atoms. The Morgan fingerprint density at radius 1 is 1.20 bits per heavy atom. The molecule has 4 nitrogen and oxygen atoms in total. The molecule has 86 valence electrons. The van der Waals surface area contributed by atoms with Crippen molar-refractivity contribution in [2.45, 2.75) is 25.8 Å². The maximum Gasteiger partial charge on any atom is 0.200 e. The third-order valence-corrected chi connectivity index (χ3v) is 2.16. The molecule has 1 aromatic rings. The van der Waals surface area contributed by atoms with Crippen molar-refractivity contribution in [1.29, 1.82) is 0 Å². The zero-order chi connectivity index (χ0) is 10.7. The predicted molar refractivity (Wildman–Crippen MR) is 60.5 cm³/mol. The Bertz CT molecular complexity index is 331. The van der Waals surface area contributed by atoms with E-state index in [9.17, 15) is 10.2 Å². The predicted octanol–water partition coefficient (Wildman–Crippen LogP) is 2.03. The van der Waals surface area contributed by atoms with Crippen LogP contribution in [0.15, 0.2) is 12.1 Å². The van der Waals surface area contributed by atoms with Crippen LogP contribution in [0.1, 0.15) is 31.4 Å². The highest BCUT2D eigenvalue weighted by Crippen LogP contribution is 2.39. The van der Waals surface area contributed by atoms with Gasteiger partial charge in [0.05, 0.1) is 0 Å². The van der Waals surface area contributed by atoms with E-state index in [4.69, 9.17) is 10.8 Å². The second-order valence-corrected chi connectivity index (χ2v) is 3.27. The summed E-state index contributed by atoms with van der Waals surface area (Å²) >= 11 is 0. The molecule has 1 atom stereocenters. The van der Waals surface area contributed by atoms with Crippen molar-refractivity contribution in [3.8, 4) is 17.2 Å². The van der Waals surface area contributed by atoms with Gasteiger partial charge in [-0.3, -0.25) is 0 Å². The van der Waals surface area contributed by atoms with E-state index in [1.54, 1.807) is 0 Å². The van der Waals surface area contributed by atoms with Gasteiger partial charge in [-0.15, -0.1) is 12.4 Å². The van der Waals surface area contributed by atoms with Gasteiger partial charge in [-0.2, -0.15) is 0 Å². The quantitative estimate of drug-likeness (QED) is 0.602. The summed E-state index contributed by atoms with van der Waals surface area (Å²) in [7, 11) is 0. The first-order valence-electron chi connectivity index (χ1n) is 4.57. The molecule has 0 amide bonds. The standard InChI is InChI=1S/C10H15NO3.ClH/c1-2-3-7(11)6-4-5-8(12)10(14)9(6)13;/h4-5,7,12-14H,2-3,11H2,1H3;1H/t7-;/m0./s1. The van der Waals surface area contributed by atoms with Crippen LogP contribution in [0.2, 0.25) is 0 Å². The molecule has 5 N–H and O–H groups in total. The fourth-order valence-corrected chi connectivity index (χ4v) is 1.35. The number of rotatable bonds is 3. The molecule has 0 aliphatic heterocycles. The van der Waals surface area contributed by atoms with Crippen molar-refractivity contribution < 1.29 is 15.3 Å². The van der Waals surface area contributed by atoms with E-state index in [1.807, 2.05) is 6.92 Å². The number of aromatic hydroxyl groups is 3. The van der Waals surface area contributed by atoms with Gasteiger partial charge in [0, 0.05) is 11.6 Å². The lowest BCUT2D eigenvalue weighted by molar-refractivity contribution is 0.362. The summed E-state index contributed by atoms with van der Waals surface area (Å²) in [6.07, 6.45) is 1.61. The second kappa shape index (κ2) is 5.68. The molecule has 0 saturated carbocycles. The van der Waals surface area contributed by atoms with E-state index in [1.165, 1.54) is 12.1 Å². The van der Waals surface area contributed by atoms with Crippen LogP contribution in [0.5, 0.6) is 17.2 Å². The Morgan fingerprint density at radius 3 is 2.33 bits per heavy atom. The zero-order valence-electron chi connectivity index (χ0n) is 8.47. The average Bonchev–Trinajstić information content (AvgIpc) is 2.15. The highest BCUT2D eigenvalue weighted by atomic mass is 35.5. The van der Waals surface area contributed by atoms with Crippen LogP contribution in [-0.4, -0.2) is 15.3 Å². The summed E-state index contributed by atoms with van der Waals surface area (Å²) in [5.74, 6) is -1.17. The first kappa shape index (κ1) is 13.9. The Hall–Kier alpha value is -1.13. The third kappa shape index (κ3) is 2.91. The molecule has 1 aromatic carbocycles. The Kier molecular flexibility index (Phi) is 5.25. The Balaban J connectivity index is 0.00000196. The van der Waals surface area contributed by atoms with Crippen LogP contribution >= 0.6 is 12.4 Å². The van der Waals surface area contributed by atoms with E-state index in [0.29, 0.717) is 5.56 Å². The van der Waals surface area contributed by atoms with E-state index in [2.05, 4.69) is 0 Å². The van der Waals surface area contributed by atoms with Gasteiger partial charge in [-0.05, 0) is 18.6 Å². The molecule has 0 saturated heterocycles. The van der Waals surface area contributed by atoms with Crippen LogP contribution < -0.4 is 5.73 Å². The van der Waals surface area contributed by atoms with Gasteiger partial charge >= 0.3 is 0 Å². The topological polar surface area (TPSA) is 86.7 Å². The molecule has 0 heterocycles. The van der Waals surface area contributed by atoms with Gasteiger partial charge in [0.1, 0.15) is 0 Å². The molecule has 1 rings (SSSR count). The van der Waals surface area contributed by atoms with Gasteiger partial charge in [-0.25, -0.2) is 0 Å². The molecule has 0 unspecified atom stereocenters. The monoisotopic (exact) mass is 233 g/mol. The van der Waals surface area contributed by atoms with Gasteiger partial charge < -0.3 is 21.1 Å². The van der Waals surface area contributed by atoms with E-state index < -0.39 is 5.75 Å². The molecule has 15 heavy (non-hydrogen) atoms. The SMILES string of the molecule is CCC[C@H](N)c1ccc(O)c(O)c1O.Cl. The molecule has 0 fully saturated rings. The van der Waals surface area contributed by atoms with Crippen LogP contribution in [0.3, 0.4) is 0 Å². The molecule has 5 heteroatoms. The lowest BCUT2D eigenvalue weighted by atomic mass is 10.0. The van der Waals surface area contributed by atoms with E-state index in [-0.39, 0.29) is 29.9 Å². The maximum absolute atomic E-state index is 9.49. The van der Waals surface area contributed by atoms with Crippen LogP contribution in [0.4, 0.5) is 0 Å². The number of phenols is 3. The van der Waals surface area contributed by atoms with Gasteiger partial charge in [-0.1, -0.05) is 13.3 Å². The first-order chi connectivity index (χ1) is 6.57. The summed E-state index contributed by atoms with van der Waals surface area (Å²) in [6, 6.07) is 2.52.